The summed E-state index contributed by atoms with van der Waals surface area (Å²) < 4.78 is 35.1. The topological polar surface area (TPSA) is 119 Å². The fourth-order valence-electron chi connectivity index (χ4n) is 9.21. The minimum atomic E-state index is -0.398. The smallest absolute Gasteiger partial charge is 0.237 e. The van der Waals surface area contributed by atoms with Crippen LogP contribution in [0.15, 0.2) is 82.5 Å². The molecule has 2 aromatic rings. The maximum atomic E-state index is 16.0. The quantitative estimate of drug-likeness (QED) is 0.220. The second-order valence-electron chi connectivity index (χ2n) is 16.8. The van der Waals surface area contributed by atoms with Gasteiger partial charge in [-0.05, 0) is 97.4 Å². The number of piperazine rings is 2. The molecule has 1 amide bonds. The van der Waals surface area contributed by atoms with Crippen LogP contribution in [-0.2, 0) is 32.2 Å². The van der Waals surface area contributed by atoms with Gasteiger partial charge in [0, 0.05) is 80.6 Å². The van der Waals surface area contributed by atoms with E-state index in [1.807, 2.05) is 29.2 Å². The molecule has 9 rings (SSSR count). The van der Waals surface area contributed by atoms with Crippen molar-refractivity contribution in [2.24, 2.45) is 10.9 Å². The summed E-state index contributed by atoms with van der Waals surface area (Å²) in [5.74, 6) is 0.642. The Morgan fingerprint density at radius 3 is 2.47 bits per heavy atom. The number of aliphatic hydroxyl groups excluding tert-OH is 1. The number of nitrogens with one attached hydrogen (secondary N) is 1. The Balaban J connectivity index is 1.12. The molecule has 2 atom stereocenters. The van der Waals surface area contributed by atoms with E-state index in [2.05, 4.69) is 29.8 Å². The molecule has 0 radical (unpaired) electrons. The van der Waals surface area contributed by atoms with Crippen molar-refractivity contribution in [2.75, 3.05) is 52.7 Å². The van der Waals surface area contributed by atoms with Crippen LogP contribution in [0.2, 0.25) is 0 Å². The van der Waals surface area contributed by atoms with Crippen LogP contribution in [0.5, 0.6) is 5.75 Å². The number of carbonyl (C=O) groups is 1. The summed E-state index contributed by atoms with van der Waals surface area (Å²) >= 11 is 0. The number of ether oxygens (including phenoxy) is 3. The lowest BCUT2D eigenvalue weighted by Gasteiger charge is -2.34. The highest BCUT2D eigenvalue weighted by atomic mass is 19.1. The molecule has 3 N–H and O–H groups in total. The lowest BCUT2D eigenvalue weighted by atomic mass is 9.81. The minimum absolute atomic E-state index is 0.000622. The average Bonchev–Trinajstić information content (AvgIpc) is 4.15. The van der Waals surface area contributed by atoms with E-state index >= 15 is 4.39 Å². The molecule has 2 aromatic carbocycles. The predicted octanol–water partition coefficient (Wildman–Crippen LogP) is 5.71. The molecule has 4 saturated heterocycles. The number of benzene rings is 2. The van der Waals surface area contributed by atoms with Gasteiger partial charge in [0.25, 0.3) is 0 Å². The van der Waals surface area contributed by atoms with Gasteiger partial charge >= 0.3 is 0 Å². The number of hydrogen-bond acceptors (Lipinski definition) is 10. The van der Waals surface area contributed by atoms with Gasteiger partial charge in [0.2, 0.25) is 11.8 Å². The van der Waals surface area contributed by atoms with E-state index in [1.165, 1.54) is 6.07 Å². The van der Waals surface area contributed by atoms with E-state index in [0.717, 1.165) is 91.6 Å². The van der Waals surface area contributed by atoms with Crippen LogP contribution in [0.4, 0.5) is 4.39 Å². The van der Waals surface area contributed by atoms with Crippen molar-refractivity contribution >= 4 is 17.2 Å². The first-order valence-corrected chi connectivity index (χ1v) is 20.8. The third-order valence-electron chi connectivity index (χ3n) is 12.6. The Bertz CT molecular complexity index is 2030. The number of carbonyl (C=O) groups excluding carboxylic acids is 1. The largest absolute Gasteiger partial charge is 0.508 e. The normalized spacial score (nSPS) is 26.1. The van der Waals surface area contributed by atoms with Crippen molar-refractivity contribution in [3.63, 3.8) is 0 Å². The molecule has 2 bridgehead atoms. The van der Waals surface area contributed by atoms with Crippen molar-refractivity contribution in [3.8, 4) is 5.75 Å². The lowest BCUT2D eigenvalue weighted by molar-refractivity contribution is -0.138. The highest BCUT2D eigenvalue weighted by Gasteiger charge is 2.43. The van der Waals surface area contributed by atoms with Gasteiger partial charge in [0.05, 0.1) is 26.5 Å². The summed E-state index contributed by atoms with van der Waals surface area (Å²) in [7, 11) is 0. The fourth-order valence-corrected chi connectivity index (χ4v) is 9.21. The van der Waals surface area contributed by atoms with Crippen LogP contribution in [0.25, 0.3) is 5.57 Å². The van der Waals surface area contributed by atoms with E-state index in [9.17, 15) is 15.0 Å². The Labute approximate surface area is 334 Å². The number of fused-ring (bicyclic) bond motifs is 2. The molecule has 0 spiro atoms. The molecule has 6 fully saturated rings. The number of aliphatic hydroxyl groups is 1. The second kappa shape index (κ2) is 16.0. The van der Waals surface area contributed by atoms with Crippen molar-refractivity contribution in [1.82, 2.24) is 20.0 Å². The molecule has 2 unspecified atom stereocenters. The number of amides is 1. The molecule has 302 valence electrons. The first-order chi connectivity index (χ1) is 27.7. The maximum Gasteiger partial charge on any atom is 0.237 e. The molecule has 2 saturated carbocycles. The van der Waals surface area contributed by atoms with Crippen LogP contribution < -0.4 is 5.32 Å². The molecule has 57 heavy (non-hydrogen) atoms. The molecule has 12 heteroatoms. The monoisotopic (exact) mass is 779 g/mol. The van der Waals surface area contributed by atoms with Crippen molar-refractivity contribution < 1.29 is 33.6 Å². The van der Waals surface area contributed by atoms with E-state index < -0.39 is 5.82 Å². The molecule has 11 nitrogen and oxygen atoms in total. The molecule has 4 heterocycles. The molecule has 7 aliphatic rings. The maximum absolute atomic E-state index is 16.0. The van der Waals surface area contributed by atoms with Crippen LogP contribution in [0.1, 0.15) is 80.0 Å². The fraction of sp³-hybridized carbons (Fsp3) is 0.511. The number of nitrogens with zero attached hydrogens (tertiary/aromatic N) is 4. The summed E-state index contributed by atoms with van der Waals surface area (Å²) in [4.78, 5) is 24.0. The summed E-state index contributed by atoms with van der Waals surface area (Å²) in [5.41, 5.74) is 7.75. The first-order valence-electron chi connectivity index (χ1n) is 20.8. The number of aromatic hydroxyl groups is 1. The van der Waals surface area contributed by atoms with Gasteiger partial charge in [-0.1, -0.05) is 24.3 Å². The Kier molecular flexibility index (Phi) is 10.7. The van der Waals surface area contributed by atoms with E-state index in [4.69, 9.17) is 19.2 Å². The Morgan fingerprint density at radius 2 is 1.81 bits per heavy atom. The molecular formula is C45H54FN5O6. The van der Waals surface area contributed by atoms with Gasteiger partial charge in [0.15, 0.2) is 5.76 Å². The molecular weight excluding hydrogens is 726 g/mol. The number of halogens is 1. The predicted molar refractivity (Wildman–Crippen MR) is 214 cm³/mol. The summed E-state index contributed by atoms with van der Waals surface area (Å²) in [6.45, 7) is 11.6. The zero-order valence-electron chi connectivity index (χ0n) is 32.9. The summed E-state index contributed by atoms with van der Waals surface area (Å²) in [5, 5.41) is 24.1. The number of rotatable bonds is 13. The van der Waals surface area contributed by atoms with Gasteiger partial charge in [-0.3, -0.25) is 9.69 Å². The first kappa shape index (κ1) is 38.1. The van der Waals surface area contributed by atoms with E-state index in [0.29, 0.717) is 73.4 Å². The number of phenols is 1. The van der Waals surface area contributed by atoms with Gasteiger partial charge in [-0.2, -0.15) is 0 Å². The van der Waals surface area contributed by atoms with Crippen LogP contribution in [0, 0.1) is 11.7 Å². The van der Waals surface area contributed by atoms with Crippen molar-refractivity contribution in [2.45, 2.75) is 89.1 Å². The van der Waals surface area contributed by atoms with Gasteiger partial charge < -0.3 is 39.5 Å². The highest BCUT2D eigenvalue weighted by molar-refractivity contribution is 6.21. The SMILES string of the molecule is C=C(/N=C1/C(OCc2ccc(CN3CCN(CO)CC3=O)cc2)=C(c2cc(O)cc(F)c2C2CC2)C(C2CC2)=C/C1=C(/C)N1CC2CC1CN2)OC1CCOCC1. The minimum Gasteiger partial charge on any atom is -0.508 e. The second-order valence-corrected chi connectivity index (χ2v) is 16.8. The van der Waals surface area contributed by atoms with Gasteiger partial charge in [-0.15, -0.1) is 0 Å². The molecule has 4 aliphatic heterocycles. The van der Waals surface area contributed by atoms with Crippen LogP contribution in [-0.4, -0.2) is 107 Å². The number of hydrogen-bond donors (Lipinski definition) is 3. The Morgan fingerprint density at radius 1 is 1.05 bits per heavy atom. The highest BCUT2D eigenvalue weighted by Crippen LogP contribution is 2.53. The van der Waals surface area contributed by atoms with Gasteiger partial charge in [0.1, 0.15) is 30.0 Å². The number of aliphatic imine (C=N–C) groups is 1. The summed E-state index contributed by atoms with van der Waals surface area (Å²) in [6.07, 6.45) is 8.60. The standard InChI is InChI=1S/C45H54FN5O6/c1-27(51-23-33-17-34(51)21-47-33)37-20-38(31-7-8-31)43(39-18-35(53)19-40(46)42(39)32-9-10-32)45(44(37)48-28(2)57-36-11-15-55-16-12-36)56-25-30-5-3-29(4-6-30)22-50-14-13-49(26-52)24-41(50)54/h3-6,18-20,31-34,36,47,52-53H,2,7-17,21-26H2,1H3/b37-27+,48-44+. The number of allylic oxidation sites excluding steroid dienone is 5. The third kappa shape index (κ3) is 8.14. The number of phenolic OH excluding ortho intramolecular Hbond substituents is 1. The molecule has 3 aliphatic carbocycles. The summed E-state index contributed by atoms with van der Waals surface area (Å²) in [6, 6.07) is 11.9. The van der Waals surface area contributed by atoms with Gasteiger partial charge in [-0.25, -0.2) is 9.38 Å². The molecule has 0 aromatic heterocycles. The zero-order chi connectivity index (χ0) is 39.2. The average molecular weight is 780 g/mol. The lowest BCUT2D eigenvalue weighted by Crippen LogP contribution is -2.49. The van der Waals surface area contributed by atoms with Crippen molar-refractivity contribution in [1.29, 1.82) is 0 Å². The zero-order valence-corrected chi connectivity index (χ0v) is 32.9. The van der Waals surface area contributed by atoms with E-state index in [-0.39, 0.29) is 49.5 Å². The van der Waals surface area contributed by atoms with Crippen molar-refractivity contribution in [3.05, 3.63) is 106 Å². The number of likely N-dealkylation sites (tertiary alicyclic amines) is 1. The van der Waals surface area contributed by atoms with Crippen LogP contribution in [0.3, 0.4) is 0 Å². The Hall–Kier alpha value is -4.49. The van der Waals surface area contributed by atoms with Crippen LogP contribution >= 0.6 is 0 Å². The van der Waals surface area contributed by atoms with E-state index in [1.54, 1.807) is 11.0 Å². The third-order valence-corrected chi connectivity index (χ3v) is 12.6.